The number of carbonyl (C=O) groups is 1. The summed E-state index contributed by atoms with van der Waals surface area (Å²) in [7, 11) is 8.10. The first-order valence-corrected chi connectivity index (χ1v) is 11.1. The average molecular weight is 485 g/mol. The van der Waals surface area contributed by atoms with Crippen LogP contribution in [0.2, 0.25) is 0 Å². The largest absolute Gasteiger partial charge is 0.495 e. The zero-order chi connectivity index (χ0) is 25.2. The molecule has 0 atom stereocenters. The predicted molar refractivity (Wildman–Crippen MR) is 134 cm³/mol. The van der Waals surface area contributed by atoms with E-state index < -0.39 is 0 Å². The van der Waals surface area contributed by atoms with Crippen molar-refractivity contribution in [2.45, 2.75) is 6.42 Å². The Bertz CT molecular complexity index is 1110. The molecular formula is C25H32N4O6. The molecule has 0 saturated heterocycles. The highest BCUT2D eigenvalue weighted by Crippen LogP contribution is 2.44. The molecule has 0 saturated carbocycles. The molecule has 0 radical (unpaired) electrons. The van der Waals surface area contributed by atoms with Crippen molar-refractivity contribution in [2.75, 3.05) is 60.4 Å². The molecule has 35 heavy (non-hydrogen) atoms. The molecule has 3 N–H and O–H groups in total. The van der Waals surface area contributed by atoms with Crippen molar-refractivity contribution >= 4 is 11.6 Å². The number of amides is 1. The van der Waals surface area contributed by atoms with Gasteiger partial charge in [0, 0.05) is 37.2 Å². The summed E-state index contributed by atoms with van der Waals surface area (Å²) in [5, 5.41) is 13.2. The number of anilines is 1. The van der Waals surface area contributed by atoms with E-state index >= 15 is 0 Å². The SMILES string of the molecule is CNCCNCCC(=O)Nc1cc(-c2cnoc2-c2cc(OC)c(OC)c(OC)c2)ccc1OC. The minimum Gasteiger partial charge on any atom is -0.495 e. The number of nitrogens with zero attached hydrogens (tertiary/aromatic N) is 1. The Kier molecular flexibility index (Phi) is 9.33. The predicted octanol–water partition coefficient (Wildman–Crippen LogP) is 3.18. The molecule has 0 spiro atoms. The first kappa shape index (κ1) is 25.9. The van der Waals surface area contributed by atoms with Crippen molar-refractivity contribution in [3.8, 4) is 45.4 Å². The molecule has 188 valence electrons. The Hall–Kier alpha value is -3.76. The van der Waals surface area contributed by atoms with Crippen LogP contribution in [0.1, 0.15) is 6.42 Å². The maximum Gasteiger partial charge on any atom is 0.225 e. The van der Waals surface area contributed by atoms with Gasteiger partial charge in [-0.05, 0) is 36.9 Å². The lowest BCUT2D eigenvalue weighted by atomic mass is 10.0. The lowest BCUT2D eigenvalue weighted by Gasteiger charge is -2.14. The van der Waals surface area contributed by atoms with E-state index in [1.807, 2.05) is 19.2 Å². The molecule has 3 aromatic rings. The summed E-state index contributed by atoms with van der Waals surface area (Å²) in [6.07, 6.45) is 1.96. The van der Waals surface area contributed by atoms with E-state index in [2.05, 4.69) is 21.1 Å². The fraction of sp³-hybridized carbons (Fsp3) is 0.360. The van der Waals surface area contributed by atoms with Crippen LogP contribution in [0, 0.1) is 0 Å². The fourth-order valence-corrected chi connectivity index (χ4v) is 3.59. The lowest BCUT2D eigenvalue weighted by molar-refractivity contribution is -0.116. The molecule has 0 aliphatic carbocycles. The number of carbonyl (C=O) groups excluding carboxylic acids is 1. The molecule has 0 aliphatic heterocycles. The lowest BCUT2D eigenvalue weighted by Crippen LogP contribution is -2.28. The van der Waals surface area contributed by atoms with Crippen molar-refractivity contribution in [3.63, 3.8) is 0 Å². The van der Waals surface area contributed by atoms with Gasteiger partial charge in [0.05, 0.1) is 40.3 Å². The van der Waals surface area contributed by atoms with Crippen LogP contribution in [0.3, 0.4) is 0 Å². The summed E-state index contributed by atoms with van der Waals surface area (Å²) in [6, 6.07) is 9.08. The van der Waals surface area contributed by atoms with Crippen LogP contribution in [-0.4, -0.2) is 66.2 Å². The zero-order valence-corrected chi connectivity index (χ0v) is 20.7. The molecule has 10 nitrogen and oxygen atoms in total. The molecule has 0 unspecified atom stereocenters. The molecule has 10 heteroatoms. The normalized spacial score (nSPS) is 10.7. The number of ether oxygens (including phenoxy) is 4. The van der Waals surface area contributed by atoms with E-state index in [9.17, 15) is 4.79 Å². The van der Waals surface area contributed by atoms with Crippen molar-refractivity contribution < 1.29 is 28.3 Å². The van der Waals surface area contributed by atoms with Gasteiger partial charge in [0.2, 0.25) is 11.7 Å². The summed E-state index contributed by atoms with van der Waals surface area (Å²) < 4.78 is 27.4. The van der Waals surface area contributed by atoms with Crippen molar-refractivity contribution in [2.24, 2.45) is 0 Å². The molecule has 1 heterocycles. The number of aromatic nitrogens is 1. The second kappa shape index (κ2) is 12.6. The number of likely N-dealkylation sites (N-methyl/N-ethyl adjacent to an activating group) is 1. The highest BCUT2D eigenvalue weighted by molar-refractivity contribution is 5.94. The van der Waals surface area contributed by atoms with Crippen molar-refractivity contribution in [1.29, 1.82) is 0 Å². The zero-order valence-electron chi connectivity index (χ0n) is 20.7. The molecule has 0 aliphatic rings. The van der Waals surface area contributed by atoms with Crippen LogP contribution in [0.15, 0.2) is 41.1 Å². The second-order valence-electron chi connectivity index (χ2n) is 7.55. The Morgan fingerprint density at radius 3 is 2.23 bits per heavy atom. The number of rotatable bonds is 13. The van der Waals surface area contributed by atoms with E-state index in [0.717, 1.165) is 24.2 Å². The van der Waals surface area contributed by atoms with Crippen molar-refractivity contribution in [1.82, 2.24) is 15.8 Å². The smallest absolute Gasteiger partial charge is 0.225 e. The van der Waals surface area contributed by atoms with Gasteiger partial charge < -0.3 is 39.4 Å². The van der Waals surface area contributed by atoms with Crippen LogP contribution in [0.4, 0.5) is 5.69 Å². The molecule has 1 amide bonds. The van der Waals surface area contributed by atoms with Gasteiger partial charge in [-0.15, -0.1) is 0 Å². The van der Waals surface area contributed by atoms with E-state index in [1.54, 1.807) is 52.8 Å². The Morgan fingerprint density at radius 1 is 0.886 bits per heavy atom. The number of nitrogens with one attached hydrogen (secondary N) is 3. The molecule has 3 rings (SSSR count). The van der Waals surface area contributed by atoms with E-state index in [-0.39, 0.29) is 5.91 Å². The Balaban J connectivity index is 1.89. The van der Waals surface area contributed by atoms with Gasteiger partial charge in [0.1, 0.15) is 5.75 Å². The first-order valence-electron chi connectivity index (χ1n) is 11.1. The fourth-order valence-electron chi connectivity index (χ4n) is 3.59. The van der Waals surface area contributed by atoms with Gasteiger partial charge in [0.25, 0.3) is 0 Å². The van der Waals surface area contributed by atoms with Gasteiger partial charge in [-0.25, -0.2) is 0 Å². The van der Waals surface area contributed by atoms with Gasteiger partial charge in [-0.3, -0.25) is 4.79 Å². The quantitative estimate of drug-likeness (QED) is 0.315. The third-order valence-electron chi connectivity index (χ3n) is 5.36. The highest BCUT2D eigenvalue weighted by atomic mass is 16.5. The molecule has 2 aromatic carbocycles. The number of hydrogen-bond acceptors (Lipinski definition) is 9. The van der Waals surface area contributed by atoms with Gasteiger partial charge in [0.15, 0.2) is 17.3 Å². The molecule has 1 aromatic heterocycles. The molecule has 0 fully saturated rings. The summed E-state index contributed by atoms with van der Waals surface area (Å²) in [4.78, 5) is 12.5. The van der Waals surface area contributed by atoms with Crippen LogP contribution in [0.25, 0.3) is 22.5 Å². The minimum absolute atomic E-state index is 0.118. The average Bonchev–Trinajstić information content (AvgIpc) is 3.37. The summed E-state index contributed by atoms with van der Waals surface area (Å²) in [5.74, 6) is 2.42. The van der Waals surface area contributed by atoms with E-state index in [1.165, 1.54) is 0 Å². The Morgan fingerprint density at radius 2 is 1.60 bits per heavy atom. The molecular weight excluding hydrogens is 452 g/mol. The van der Waals surface area contributed by atoms with Crippen LogP contribution < -0.4 is 34.9 Å². The topological polar surface area (TPSA) is 116 Å². The number of methoxy groups -OCH3 is 4. The number of hydrogen-bond donors (Lipinski definition) is 3. The van der Waals surface area contributed by atoms with Crippen LogP contribution >= 0.6 is 0 Å². The summed E-state index contributed by atoms with van der Waals surface area (Å²) in [6.45, 7) is 2.21. The third-order valence-corrected chi connectivity index (χ3v) is 5.36. The molecule has 0 bridgehead atoms. The Labute approximate surface area is 204 Å². The van der Waals surface area contributed by atoms with Crippen LogP contribution in [0.5, 0.6) is 23.0 Å². The van der Waals surface area contributed by atoms with Crippen molar-refractivity contribution in [3.05, 3.63) is 36.5 Å². The maximum atomic E-state index is 12.5. The van der Waals surface area contributed by atoms with Crippen LogP contribution in [-0.2, 0) is 4.79 Å². The second-order valence-corrected chi connectivity index (χ2v) is 7.55. The highest BCUT2D eigenvalue weighted by Gasteiger charge is 2.20. The van der Waals surface area contributed by atoms with Gasteiger partial charge >= 0.3 is 0 Å². The van der Waals surface area contributed by atoms with Gasteiger partial charge in [-0.2, -0.15) is 0 Å². The summed E-state index contributed by atoms with van der Waals surface area (Å²) in [5.41, 5.74) is 2.77. The maximum absolute atomic E-state index is 12.5. The monoisotopic (exact) mass is 484 g/mol. The third kappa shape index (κ3) is 6.23. The number of benzene rings is 2. The van der Waals surface area contributed by atoms with E-state index in [4.69, 9.17) is 23.5 Å². The first-order chi connectivity index (χ1) is 17.1. The minimum atomic E-state index is -0.118. The van der Waals surface area contributed by atoms with Gasteiger partial charge in [-0.1, -0.05) is 11.2 Å². The van der Waals surface area contributed by atoms with E-state index in [0.29, 0.717) is 53.0 Å². The standard InChI is InChI=1S/C25H32N4O6/c1-26-10-11-27-9-8-23(30)29-19-12-16(6-7-20(19)31-2)18-15-28-35-24(18)17-13-21(32-3)25(34-5)22(14-17)33-4/h6-7,12-15,26-27H,8-11H2,1-5H3,(H,29,30). The summed E-state index contributed by atoms with van der Waals surface area (Å²) >= 11 is 0.